The lowest BCUT2D eigenvalue weighted by Crippen LogP contribution is -2.45. The molecule has 0 bridgehead atoms. The zero-order chi connectivity index (χ0) is 18.1. The number of piperidine rings is 1. The van der Waals surface area contributed by atoms with Gasteiger partial charge in [-0.15, -0.1) is 17.0 Å². The maximum absolute atomic E-state index is 13.0. The topological polar surface area (TPSA) is 99.2 Å². The molecule has 1 N–H and O–H groups in total. The number of halogens is 1. The number of aromatic nitrogens is 2. The summed E-state index contributed by atoms with van der Waals surface area (Å²) in [5.74, 6) is 0.204. The van der Waals surface area contributed by atoms with Crippen LogP contribution >= 0.6 is 17.0 Å². The van der Waals surface area contributed by atoms with E-state index in [1.165, 1.54) is 22.8 Å². The van der Waals surface area contributed by atoms with Crippen molar-refractivity contribution in [3.63, 3.8) is 0 Å². The first kappa shape index (κ1) is 20.3. The largest absolute Gasteiger partial charge is 0.331 e. The highest BCUT2D eigenvalue weighted by molar-refractivity contribution is 8.93. The van der Waals surface area contributed by atoms with E-state index in [9.17, 15) is 19.7 Å². The molecule has 1 aliphatic heterocycles. The van der Waals surface area contributed by atoms with Crippen LogP contribution in [0.15, 0.2) is 27.8 Å². The Morgan fingerprint density at radius 1 is 1.27 bits per heavy atom. The molecular weight excluding hydrogens is 404 g/mol. The van der Waals surface area contributed by atoms with E-state index in [4.69, 9.17) is 0 Å². The Bertz CT molecular complexity index is 929. The normalized spacial score (nSPS) is 15.2. The molecule has 1 aromatic heterocycles. The van der Waals surface area contributed by atoms with Gasteiger partial charge in [0.05, 0.1) is 15.8 Å². The Morgan fingerprint density at radius 2 is 1.92 bits per heavy atom. The predicted molar refractivity (Wildman–Crippen MR) is 105 cm³/mol. The number of nitrogens with zero attached hydrogens (tertiary/aromatic N) is 3. The Morgan fingerprint density at radius 3 is 2.50 bits per heavy atom. The third-order valence-electron chi connectivity index (χ3n) is 4.59. The second-order valence-corrected chi connectivity index (χ2v) is 6.90. The van der Waals surface area contributed by atoms with E-state index >= 15 is 0 Å². The summed E-state index contributed by atoms with van der Waals surface area (Å²) in [5.41, 5.74) is -0.446. The van der Waals surface area contributed by atoms with Crippen molar-refractivity contribution in [2.75, 3.05) is 13.1 Å². The number of nitro groups is 1. The lowest BCUT2D eigenvalue weighted by atomic mass is 10.1. The number of nitrogens with one attached hydrogen (secondary N) is 1. The van der Waals surface area contributed by atoms with Gasteiger partial charge in [-0.1, -0.05) is 13.8 Å². The molecule has 26 heavy (non-hydrogen) atoms. The maximum Gasteiger partial charge on any atom is 0.331 e. The summed E-state index contributed by atoms with van der Waals surface area (Å²) in [5, 5.41) is 14.5. The highest BCUT2D eigenvalue weighted by atomic mass is 79.9. The summed E-state index contributed by atoms with van der Waals surface area (Å²) in [6.07, 6.45) is 1.38. The van der Waals surface area contributed by atoms with Crippen molar-refractivity contribution < 1.29 is 4.92 Å². The Labute approximate surface area is 160 Å². The van der Waals surface area contributed by atoms with Gasteiger partial charge in [0.25, 0.3) is 11.2 Å². The molecule has 2 heterocycles. The van der Waals surface area contributed by atoms with E-state index in [1.807, 2.05) is 13.8 Å². The Kier molecular flexibility index (Phi) is 6.35. The van der Waals surface area contributed by atoms with Crippen LogP contribution in [0.3, 0.4) is 0 Å². The molecule has 0 atom stereocenters. The molecule has 1 aromatic carbocycles. The van der Waals surface area contributed by atoms with E-state index < -0.39 is 10.5 Å². The fourth-order valence-corrected chi connectivity index (χ4v) is 3.42. The van der Waals surface area contributed by atoms with Crippen molar-refractivity contribution in [3.05, 3.63) is 49.2 Å². The van der Waals surface area contributed by atoms with Crippen molar-refractivity contribution >= 4 is 33.6 Å². The van der Waals surface area contributed by atoms with Gasteiger partial charge in [0.15, 0.2) is 0 Å². The zero-order valence-corrected chi connectivity index (χ0v) is 16.5. The standard InChI is InChI=1S/C17H22N4O4.BrH/c1-11(2)10-19-15-4-3-13(21(24)25)9-14(15)16(22)20(17(19)23)12-5-7-18-8-6-12;/h3-4,9,11-12,18H,5-8,10H2,1-2H3;1H. The first-order valence-electron chi connectivity index (χ1n) is 8.54. The number of hydrogen-bond acceptors (Lipinski definition) is 5. The molecule has 0 spiro atoms. The van der Waals surface area contributed by atoms with Crippen LogP contribution in [0.1, 0.15) is 32.7 Å². The quantitative estimate of drug-likeness (QED) is 0.596. The van der Waals surface area contributed by atoms with Gasteiger partial charge in [-0.25, -0.2) is 4.79 Å². The van der Waals surface area contributed by atoms with Crippen LogP contribution in [0, 0.1) is 16.0 Å². The minimum absolute atomic E-state index is 0. The van der Waals surface area contributed by atoms with Gasteiger partial charge in [0, 0.05) is 24.7 Å². The van der Waals surface area contributed by atoms with Gasteiger partial charge in [-0.3, -0.25) is 24.0 Å². The van der Waals surface area contributed by atoms with Crippen molar-refractivity contribution in [3.8, 4) is 0 Å². The van der Waals surface area contributed by atoms with E-state index in [0.717, 1.165) is 13.1 Å². The van der Waals surface area contributed by atoms with Crippen molar-refractivity contribution in [2.24, 2.45) is 5.92 Å². The second-order valence-electron chi connectivity index (χ2n) is 6.90. The minimum Gasteiger partial charge on any atom is -0.317 e. The van der Waals surface area contributed by atoms with Gasteiger partial charge >= 0.3 is 5.69 Å². The SMILES string of the molecule is Br.CC(C)Cn1c(=O)n(C2CCNCC2)c(=O)c2cc([N+](=O)[O-])ccc21. The lowest BCUT2D eigenvalue weighted by Gasteiger charge is -2.25. The van der Waals surface area contributed by atoms with Gasteiger partial charge < -0.3 is 5.32 Å². The molecule has 0 aliphatic carbocycles. The van der Waals surface area contributed by atoms with Crippen molar-refractivity contribution in [1.82, 2.24) is 14.5 Å². The molecule has 2 aromatic rings. The van der Waals surface area contributed by atoms with Crippen LogP contribution in [0.25, 0.3) is 10.9 Å². The lowest BCUT2D eigenvalue weighted by molar-refractivity contribution is -0.384. The van der Waals surface area contributed by atoms with Crippen LogP contribution in [0.5, 0.6) is 0 Å². The van der Waals surface area contributed by atoms with Crippen LogP contribution in [0.4, 0.5) is 5.69 Å². The predicted octanol–water partition coefficient (Wildman–Crippen LogP) is 2.23. The molecule has 1 fully saturated rings. The molecule has 142 valence electrons. The Balaban J connectivity index is 0.00000243. The molecule has 0 amide bonds. The summed E-state index contributed by atoms with van der Waals surface area (Å²) in [4.78, 5) is 36.6. The van der Waals surface area contributed by atoms with E-state index in [-0.39, 0.29) is 45.7 Å². The highest BCUT2D eigenvalue weighted by Gasteiger charge is 2.23. The van der Waals surface area contributed by atoms with Crippen molar-refractivity contribution in [1.29, 1.82) is 0 Å². The van der Waals surface area contributed by atoms with Crippen LogP contribution in [-0.4, -0.2) is 27.1 Å². The number of nitro benzene ring substituents is 1. The second kappa shape index (κ2) is 8.13. The summed E-state index contributed by atoms with van der Waals surface area (Å²) in [6.45, 7) is 5.92. The first-order chi connectivity index (χ1) is 11.9. The summed E-state index contributed by atoms with van der Waals surface area (Å²) in [6, 6.07) is 3.95. The molecule has 8 nitrogen and oxygen atoms in total. The summed E-state index contributed by atoms with van der Waals surface area (Å²) in [7, 11) is 0. The average molecular weight is 427 g/mol. The van der Waals surface area contributed by atoms with Crippen LogP contribution in [0.2, 0.25) is 0 Å². The Hall–Kier alpha value is -2.00. The van der Waals surface area contributed by atoms with E-state index in [1.54, 1.807) is 4.57 Å². The van der Waals surface area contributed by atoms with Gasteiger partial charge in [0.1, 0.15) is 0 Å². The molecule has 0 radical (unpaired) electrons. The number of non-ortho nitro benzene ring substituents is 1. The smallest absolute Gasteiger partial charge is 0.317 e. The van der Waals surface area contributed by atoms with Gasteiger partial charge in [-0.05, 0) is 37.9 Å². The average Bonchev–Trinajstić information content (AvgIpc) is 2.59. The molecule has 0 saturated carbocycles. The van der Waals surface area contributed by atoms with Crippen molar-refractivity contribution in [2.45, 2.75) is 39.3 Å². The third-order valence-corrected chi connectivity index (χ3v) is 4.59. The van der Waals surface area contributed by atoms with Crippen LogP contribution in [-0.2, 0) is 6.54 Å². The maximum atomic E-state index is 13.0. The highest BCUT2D eigenvalue weighted by Crippen LogP contribution is 2.20. The molecule has 1 saturated heterocycles. The summed E-state index contributed by atoms with van der Waals surface area (Å²) < 4.78 is 2.88. The molecular formula is C17H23BrN4O4. The minimum atomic E-state index is -0.522. The van der Waals surface area contributed by atoms with E-state index in [0.29, 0.717) is 24.9 Å². The molecule has 9 heteroatoms. The number of benzene rings is 1. The molecule has 0 unspecified atom stereocenters. The number of rotatable bonds is 4. The number of hydrogen-bond donors (Lipinski definition) is 1. The number of fused-ring (bicyclic) bond motifs is 1. The third kappa shape index (κ3) is 3.73. The van der Waals surface area contributed by atoms with E-state index in [2.05, 4.69) is 5.32 Å². The fraction of sp³-hybridized carbons (Fsp3) is 0.529. The zero-order valence-electron chi connectivity index (χ0n) is 14.8. The monoisotopic (exact) mass is 426 g/mol. The fourth-order valence-electron chi connectivity index (χ4n) is 3.42. The van der Waals surface area contributed by atoms with Crippen LogP contribution < -0.4 is 16.6 Å². The van der Waals surface area contributed by atoms with Gasteiger partial charge in [0.2, 0.25) is 0 Å². The first-order valence-corrected chi connectivity index (χ1v) is 8.54. The molecule has 3 rings (SSSR count). The van der Waals surface area contributed by atoms with Gasteiger partial charge in [-0.2, -0.15) is 0 Å². The summed E-state index contributed by atoms with van der Waals surface area (Å²) >= 11 is 0. The molecule has 1 aliphatic rings.